The number of rotatable bonds is 5. The molecular formula is C13H16N2O5. The van der Waals surface area contributed by atoms with Crippen LogP contribution in [0.5, 0.6) is 0 Å². The Morgan fingerprint density at radius 3 is 3.00 bits per heavy atom. The molecule has 0 aromatic heterocycles. The van der Waals surface area contributed by atoms with Crippen LogP contribution in [0.15, 0.2) is 18.2 Å². The van der Waals surface area contributed by atoms with Crippen LogP contribution in [0.25, 0.3) is 0 Å². The lowest BCUT2D eigenvalue weighted by Crippen LogP contribution is -2.20. The SMILES string of the molecule is COC(=O)c1cc([N+](=O)[O-])ccc1NCC1CCCO1. The van der Waals surface area contributed by atoms with Crippen LogP contribution in [-0.4, -0.2) is 37.3 Å². The van der Waals surface area contributed by atoms with Crippen LogP contribution in [0.4, 0.5) is 11.4 Å². The monoisotopic (exact) mass is 280 g/mol. The Morgan fingerprint density at radius 1 is 1.60 bits per heavy atom. The fraction of sp³-hybridized carbons (Fsp3) is 0.462. The van der Waals surface area contributed by atoms with Gasteiger partial charge in [0.2, 0.25) is 0 Å². The number of hydrogen-bond acceptors (Lipinski definition) is 6. The summed E-state index contributed by atoms with van der Waals surface area (Å²) in [5, 5.41) is 13.8. The molecule has 1 aliphatic rings. The second kappa shape index (κ2) is 6.33. The Labute approximate surface area is 116 Å². The van der Waals surface area contributed by atoms with Gasteiger partial charge in [-0.25, -0.2) is 4.79 Å². The highest BCUT2D eigenvalue weighted by Crippen LogP contribution is 2.23. The Bertz CT molecular complexity index is 511. The topological polar surface area (TPSA) is 90.7 Å². The molecule has 0 radical (unpaired) electrons. The molecule has 0 spiro atoms. The molecule has 1 aromatic rings. The summed E-state index contributed by atoms with van der Waals surface area (Å²) in [6.07, 6.45) is 2.10. The number of hydrogen-bond donors (Lipinski definition) is 1. The molecule has 20 heavy (non-hydrogen) atoms. The molecule has 1 fully saturated rings. The van der Waals surface area contributed by atoms with Gasteiger partial charge in [0, 0.05) is 31.0 Å². The molecular weight excluding hydrogens is 264 g/mol. The second-order valence-electron chi connectivity index (χ2n) is 4.49. The first-order valence-corrected chi connectivity index (χ1v) is 6.34. The van der Waals surface area contributed by atoms with Gasteiger partial charge in [0.1, 0.15) is 0 Å². The predicted molar refractivity (Wildman–Crippen MR) is 71.9 cm³/mol. The molecule has 0 aliphatic carbocycles. The van der Waals surface area contributed by atoms with Gasteiger partial charge in [-0.3, -0.25) is 10.1 Å². The molecule has 1 heterocycles. The predicted octanol–water partition coefficient (Wildman–Crippen LogP) is 1.97. The van der Waals surface area contributed by atoms with Gasteiger partial charge in [-0.2, -0.15) is 0 Å². The highest BCUT2D eigenvalue weighted by atomic mass is 16.6. The molecule has 0 amide bonds. The quantitative estimate of drug-likeness (QED) is 0.504. The van der Waals surface area contributed by atoms with Crippen LogP contribution in [0.1, 0.15) is 23.2 Å². The summed E-state index contributed by atoms with van der Waals surface area (Å²) < 4.78 is 10.1. The minimum atomic E-state index is -0.608. The summed E-state index contributed by atoms with van der Waals surface area (Å²) in [4.78, 5) is 21.9. The summed E-state index contributed by atoms with van der Waals surface area (Å²) in [6, 6.07) is 4.08. The number of methoxy groups -OCH3 is 1. The summed E-state index contributed by atoms with van der Waals surface area (Å²) in [6.45, 7) is 1.30. The van der Waals surface area contributed by atoms with Crippen molar-refractivity contribution in [2.45, 2.75) is 18.9 Å². The number of non-ortho nitro benzene ring substituents is 1. The van der Waals surface area contributed by atoms with Crippen molar-refractivity contribution in [3.8, 4) is 0 Å². The standard InChI is InChI=1S/C13H16N2O5/c1-19-13(16)11-7-9(15(17)18)4-5-12(11)14-8-10-3-2-6-20-10/h4-5,7,10,14H,2-3,6,8H2,1H3. The zero-order chi connectivity index (χ0) is 14.5. The third-order valence-electron chi connectivity index (χ3n) is 3.16. The third-order valence-corrected chi connectivity index (χ3v) is 3.16. The molecule has 1 atom stereocenters. The normalized spacial score (nSPS) is 17.8. The highest BCUT2D eigenvalue weighted by Gasteiger charge is 2.19. The van der Waals surface area contributed by atoms with Crippen molar-refractivity contribution in [1.82, 2.24) is 0 Å². The average molecular weight is 280 g/mol. The number of nitro benzene ring substituents is 1. The van der Waals surface area contributed by atoms with Crippen molar-refractivity contribution in [1.29, 1.82) is 0 Å². The lowest BCUT2D eigenvalue weighted by molar-refractivity contribution is -0.384. The van der Waals surface area contributed by atoms with Crippen molar-refractivity contribution in [2.75, 3.05) is 25.6 Å². The maximum absolute atomic E-state index is 11.7. The highest BCUT2D eigenvalue weighted by molar-refractivity contribution is 5.96. The van der Waals surface area contributed by atoms with Crippen LogP contribution in [0, 0.1) is 10.1 Å². The molecule has 2 rings (SSSR count). The Morgan fingerprint density at radius 2 is 2.40 bits per heavy atom. The molecule has 0 bridgehead atoms. The van der Waals surface area contributed by atoms with Crippen LogP contribution >= 0.6 is 0 Å². The summed E-state index contributed by atoms with van der Waals surface area (Å²) in [7, 11) is 1.24. The van der Waals surface area contributed by atoms with Gasteiger partial charge in [0.05, 0.1) is 23.7 Å². The second-order valence-corrected chi connectivity index (χ2v) is 4.49. The molecule has 1 aliphatic heterocycles. The van der Waals surface area contributed by atoms with Crippen molar-refractivity contribution in [3.05, 3.63) is 33.9 Å². The number of nitro groups is 1. The lowest BCUT2D eigenvalue weighted by Gasteiger charge is -2.14. The molecule has 1 unspecified atom stereocenters. The Kier molecular flexibility index (Phi) is 4.52. The summed E-state index contributed by atoms with van der Waals surface area (Å²) in [5.41, 5.74) is 0.519. The van der Waals surface area contributed by atoms with E-state index >= 15 is 0 Å². The fourth-order valence-electron chi connectivity index (χ4n) is 2.11. The summed E-state index contributed by atoms with van der Waals surface area (Å²) >= 11 is 0. The van der Waals surface area contributed by atoms with Crippen LogP contribution in [0.3, 0.4) is 0 Å². The van der Waals surface area contributed by atoms with Crippen LogP contribution in [0.2, 0.25) is 0 Å². The number of esters is 1. The molecule has 108 valence electrons. The largest absolute Gasteiger partial charge is 0.465 e. The van der Waals surface area contributed by atoms with E-state index in [9.17, 15) is 14.9 Å². The maximum Gasteiger partial charge on any atom is 0.340 e. The molecule has 1 N–H and O–H groups in total. The minimum Gasteiger partial charge on any atom is -0.465 e. The number of ether oxygens (including phenoxy) is 2. The molecule has 7 nitrogen and oxygen atoms in total. The number of benzene rings is 1. The van der Waals surface area contributed by atoms with E-state index in [-0.39, 0.29) is 17.4 Å². The van der Waals surface area contributed by atoms with Gasteiger partial charge in [-0.1, -0.05) is 0 Å². The first-order chi connectivity index (χ1) is 9.61. The van der Waals surface area contributed by atoms with Crippen LogP contribution < -0.4 is 5.32 Å². The minimum absolute atomic E-state index is 0.107. The molecule has 7 heteroatoms. The molecule has 0 saturated carbocycles. The fourth-order valence-corrected chi connectivity index (χ4v) is 2.11. The number of nitrogens with zero attached hydrogens (tertiary/aromatic N) is 1. The summed E-state index contributed by atoms with van der Waals surface area (Å²) in [5.74, 6) is -0.608. The number of carbonyl (C=O) groups is 1. The van der Waals surface area contributed by atoms with E-state index in [1.165, 1.54) is 25.3 Å². The van der Waals surface area contributed by atoms with Gasteiger partial charge in [-0.05, 0) is 18.9 Å². The van der Waals surface area contributed by atoms with E-state index in [1.54, 1.807) is 0 Å². The smallest absolute Gasteiger partial charge is 0.340 e. The molecule has 1 saturated heterocycles. The number of anilines is 1. The van der Waals surface area contributed by atoms with Gasteiger partial charge >= 0.3 is 5.97 Å². The van der Waals surface area contributed by atoms with E-state index < -0.39 is 10.9 Å². The Hall–Kier alpha value is -2.15. The van der Waals surface area contributed by atoms with E-state index in [4.69, 9.17) is 4.74 Å². The zero-order valence-electron chi connectivity index (χ0n) is 11.1. The Balaban J connectivity index is 2.17. The first kappa shape index (κ1) is 14.3. The zero-order valence-corrected chi connectivity index (χ0v) is 11.1. The van der Waals surface area contributed by atoms with Crippen molar-refractivity contribution in [3.63, 3.8) is 0 Å². The van der Waals surface area contributed by atoms with E-state index in [1.807, 2.05) is 0 Å². The number of carbonyl (C=O) groups excluding carboxylic acids is 1. The number of nitrogens with one attached hydrogen (secondary N) is 1. The van der Waals surface area contributed by atoms with Crippen molar-refractivity contribution >= 4 is 17.3 Å². The van der Waals surface area contributed by atoms with Crippen LogP contribution in [-0.2, 0) is 9.47 Å². The average Bonchev–Trinajstić information content (AvgIpc) is 2.97. The molecule has 1 aromatic carbocycles. The van der Waals surface area contributed by atoms with Gasteiger partial charge in [0.15, 0.2) is 0 Å². The first-order valence-electron chi connectivity index (χ1n) is 6.34. The van der Waals surface area contributed by atoms with Crippen molar-refractivity contribution in [2.24, 2.45) is 0 Å². The van der Waals surface area contributed by atoms with E-state index in [0.29, 0.717) is 12.2 Å². The van der Waals surface area contributed by atoms with Gasteiger partial charge in [0.25, 0.3) is 5.69 Å². The van der Waals surface area contributed by atoms with E-state index in [0.717, 1.165) is 19.4 Å². The third kappa shape index (κ3) is 3.24. The van der Waals surface area contributed by atoms with Crippen molar-refractivity contribution < 1.29 is 19.2 Å². The maximum atomic E-state index is 11.7. The van der Waals surface area contributed by atoms with E-state index in [2.05, 4.69) is 10.1 Å². The lowest BCUT2D eigenvalue weighted by atomic mass is 10.1. The van der Waals surface area contributed by atoms with Gasteiger partial charge < -0.3 is 14.8 Å². The van der Waals surface area contributed by atoms with Gasteiger partial charge in [-0.15, -0.1) is 0 Å².